The zero-order valence-electron chi connectivity index (χ0n) is 21.4. The lowest BCUT2D eigenvalue weighted by atomic mass is 10.1. The standard InChI is InChI=1S/C27H30FN5O4S/c1-3-11-33-24-17-23(29-25(24)26(34)30(2)27(33)35)20-7-9-22(10-8-20)38(36,37)32-14-12-31(13-15-32)18-19-5-4-6-21(28)16-19/h4-10,16-17,29H,3,11-15,18H2,1-2H3. The van der Waals surface area contributed by atoms with E-state index in [-0.39, 0.29) is 16.4 Å². The minimum Gasteiger partial charge on any atom is -0.349 e. The molecule has 0 saturated carbocycles. The average Bonchev–Trinajstić information content (AvgIpc) is 3.36. The summed E-state index contributed by atoms with van der Waals surface area (Å²) < 4.78 is 44.2. The molecule has 200 valence electrons. The van der Waals surface area contributed by atoms with E-state index in [4.69, 9.17) is 0 Å². The van der Waals surface area contributed by atoms with Crippen molar-refractivity contribution in [1.29, 1.82) is 0 Å². The Hall–Kier alpha value is -3.54. The van der Waals surface area contributed by atoms with Crippen LogP contribution in [0, 0.1) is 5.82 Å². The molecule has 2 aromatic heterocycles. The van der Waals surface area contributed by atoms with Gasteiger partial charge in [0.05, 0.1) is 10.4 Å². The van der Waals surface area contributed by atoms with E-state index in [2.05, 4.69) is 9.88 Å². The van der Waals surface area contributed by atoms with Crippen molar-refractivity contribution in [3.63, 3.8) is 0 Å². The number of nitrogens with zero attached hydrogens (tertiary/aromatic N) is 4. The monoisotopic (exact) mass is 539 g/mol. The zero-order valence-corrected chi connectivity index (χ0v) is 22.2. The predicted octanol–water partition coefficient (Wildman–Crippen LogP) is 2.75. The number of rotatable bonds is 7. The Morgan fingerprint density at radius 2 is 1.68 bits per heavy atom. The van der Waals surface area contributed by atoms with Gasteiger partial charge in [0, 0.05) is 52.0 Å². The molecule has 9 nitrogen and oxygen atoms in total. The van der Waals surface area contributed by atoms with Crippen LogP contribution in [0.15, 0.2) is 69.1 Å². The van der Waals surface area contributed by atoms with Gasteiger partial charge in [0.1, 0.15) is 11.3 Å². The van der Waals surface area contributed by atoms with Gasteiger partial charge in [-0.15, -0.1) is 0 Å². The van der Waals surface area contributed by atoms with Crippen LogP contribution in [-0.4, -0.2) is 57.9 Å². The first-order valence-electron chi connectivity index (χ1n) is 12.6. The van der Waals surface area contributed by atoms with Gasteiger partial charge in [-0.1, -0.05) is 31.2 Å². The van der Waals surface area contributed by atoms with E-state index in [1.54, 1.807) is 41.0 Å². The average molecular weight is 540 g/mol. The van der Waals surface area contributed by atoms with Gasteiger partial charge >= 0.3 is 5.69 Å². The molecule has 4 aromatic rings. The summed E-state index contributed by atoms with van der Waals surface area (Å²) in [6, 6.07) is 14.7. The molecule has 38 heavy (non-hydrogen) atoms. The molecule has 11 heteroatoms. The van der Waals surface area contributed by atoms with Gasteiger partial charge in [-0.3, -0.25) is 18.8 Å². The van der Waals surface area contributed by atoms with Crippen LogP contribution in [0.5, 0.6) is 0 Å². The number of nitrogens with one attached hydrogen (secondary N) is 1. The molecular formula is C27H30FN5O4S. The quantitative estimate of drug-likeness (QED) is 0.389. The van der Waals surface area contributed by atoms with Gasteiger partial charge in [0.15, 0.2) is 0 Å². The van der Waals surface area contributed by atoms with E-state index < -0.39 is 15.6 Å². The summed E-state index contributed by atoms with van der Waals surface area (Å²) in [5.74, 6) is -0.280. The number of benzene rings is 2. The van der Waals surface area contributed by atoms with Gasteiger partial charge in [-0.2, -0.15) is 4.31 Å². The highest BCUT2D eigenvalue weighted by molar-refractivity contribution is 7.89. The van der Waals surface area contributed by atoms with Gasteiger partial charge in [0.2, 0.25) is 10.0 Å². The molecule has 3 heterocycles. The van der Waals surface area contributed by atoms with Crippen molar-refractivity contribution < 1.29 is 12.8 Å². The van der Waals surface area contributed by atoms with E-state index in [0.29, 0.717) is 61.6 Å². The molecule has 5 rings (SSSR count). The van der Waals surface area contributed by atoms with Crippen molar-refractivity contribution in [2.75, 3.05) is 26.2 Å². The minimum atomic E-state index is -3.68. The predicted molar refractivity (Wildman–Crippen MR) is 144 cm³/mol. The maximum atomic E-state index is 13.5. The third kappa shape index (κ3) is 4.84. The lowest BCUT2D eigenvalue weighted by molar-refractivity contribution is 0.181. The Kier molecular flexibility index (Phi) is 7.08. The van der Waals surface area contributed by atoms with Crippen LogP contribution >= 0.6 is 0 Å². The normalized spacial score (nSPS) is 15.3. The first-order valence-corrected chi connectivity index (χ1v) is 14.0. The SMILES string of the molecule is CCCn1c(=O)n(C)c(=O)c2[nH]c(-c3ccc(S(=O)(=O)N4CCN(Cc5cccc(F)c5)CC4)cc3)cc21. The van der Waals surface area contributed by atoms with Crippen LogP contribution < -0.4 is 11.2 Å². The van der Waals surface area contributed by atoms with E-state index in [1.165, 1.54) is 23.5 Å². The smallest absolute Gasteiger partial charge is 0.331 e. The first kappa shape index (κ1) is 26.1. The summed E-state index contributed by atoms with van der Waals surface area (Å²) in [4.78, 5) is 30.7. The molecule has 0 radical (unpaired) electrons. The topological polar surface area (TPSA) is 100 Å². The summed E-state index contributed by atoms with van der Waals surface area (Å²) >= 11 is 0. The maximum Gasteiger partial charge on any atom is 0.331 e. The minimum absolute atomic E-state index is 0.190. The van der Waals surface area contributed by atoms with E-state index in [1.807, 2.05) is 13.0 Å². The van der Waals surface area contributed by atoms with Crippen LogP contribution in [0.4, 0.5) is 4.39 Å². The van der Waals surface area contributed by atoms with Crippen molar-refractivity contribution in [3.05, 3.63) is 86.8 Å². The van der Waals surface area contributed by atoms with Crippen LogP contribution in [0.1, 0.15) is 18.9 Å². The number of fused-ring (bicyclic) bond motifs is 1. The summed E-state index contributed by atoms with van der Waals surface area (Å²) in [6.45, 7) is 4.81. The third-order valence-electron chi connectivity index (χ3n) is 7.00. The van der Waals surface area contributed by atoms with Gasteiger partial charge in [0.25, 0.3) is 5.56 Å². The molecule has 1 fully saturated rings. The van der Waals surface area contributed by atoms with E-state index in [9.17, 15) is 22.4 Å². The Bertz CT molecular complexity index is 1700. The molecule has 0 aliphatic carbocycles. The maximum absolute atomic E-state index is 13.5. The lowest BCUT2D eigenvalue weighted by Gasteiger charge is -2.34. The second kappa shape index (κ2) is 10.3. The van der Waals surface area contributed by atoms with Crippen molar-refractivity contribution >= 4 is 21.1 Å². The van der Waals surface area contributed by atoms with Crippen molar-refractivity contribution in [1.82, 2.24) is 23.3 Å². The summed E-state index contributed by atoms with van der Waals surface area (Å²) in [7, 11) is -2.23. The third-order valence-corrected chi connectivity index (χ3v) is 8.91. The fourth-order valence-electron chi connectivity index (χ4n) is 4.93. The van der Waals surface area contributed by atoms with Crippen molar-refractivity contribution in [2.24, 2.45) is 7.05 Å². The first-order chi connectivity index (χ1) is 18.2. The second-order valence-corrected chi connectivity index (χ2v) is 11.5. The number of aromatic nitrogens is 3. The largest absolute Gasteiger partial charge is 0.349 e. The highest BCUT2D eigenvalue weighted by Crippen LogP contribution is 2.25. The summed E-state index contributed by atoms with van der Waals surface area (Å²) in [5.41, 5.74) is 2.29. The highest BCUT2D eigenvalue weighted by Gasteiger charge is 2.28. The number of aryl methyl sites for hydroxylation is 1. The summed E-state index contributed by atoms with van der Waals surface area (Å²) in [6.07, 6.45) is 0.735. The van der Waals surface area contributed by atoms with Crippen molar-refractivity contribution in [3.8, 4) is 11.3 Å². The molecule has 0 unspecified atom stereocenters. The second-order valence-electron chi connectivity index (χ2n) is 9.58. The number of sulfonamides is 1. The van der Waals surface area contributed by atoms with Crippen LogP contribution in [0.25, 0.3) is 22.3 Å². The Morgan fingerprint density at radius 3 is 2.34 bits per heavy atom. The molecule has 0 atom stereocenters. The molecule has 2 aromatic carbocycles. The van der Waals surface area contributed by atoms with Crippen LogP contribution in [0.3, 0.4) is 0 Å². The van der Waals surface area contributed by atoms with Gasteiger partial charge in [-0.05, 0) is 47.9 Å². The van der Waals surface area contributed by atoms with Crippen LogP contribution in [-0.2, 0) is 30.2 Å². The fourth-order valence-corrected chi connectivity index (χ4v) is 6.35. The zero-order chi connectivity index (χ0) is 27.0. The van der Waals surface area contributed by atoms with Crippen LogP contribution in [0.2, 0.25) is 0 Å². The van der Waals surface area contributed by atoms with E-state index >= 15 is 0 Å². The molecular weight excluding hydrogens is 509 g/mol. The highest BCUT2D eigenvalue weighted by atomic mass is 32.2. The van der Waals surface area contributed by atoms with Gasteiger partial charge < -0.3 is 4.98 Å². The molecule has 1 saturated heterocycles. The number of hydrogen-bond acceptors (Lipinski definition) is 5. The number of halogens is 1. The Balaban J connectivity index is 1.33. The molecule has 1 aliphatic heterocycles. The summed E-state index contributed by atoms with van der Waals surface area (Å²) in [5, 5.41) is 0. The molecule has 0 amide bonds. The number of aromatic amines is 1. The number of hydrogen-bond donors (Lipinski definition) is 1. The van der Waals surface area contributed by atoms with Gasteiger partial charge in [-0.25, -0.2) is 17.6 Å². The molecule has 0 spiro atoms. The molecule has 1 N–H and O–H groups in total. The van der Waals surface area contributed by atoms with E-state index in [0.717, 1.165) is 16.6 Å². The molecule has 0 bridgehead atoms. The number of piperazine rings is 1. The Labute approximate surface area is 219 Å². The molecule has 1 aliphatic rings. The Morgan fingerprint density at radius 1 is 0.974 bits per heavy atom. The lowest BCUT2D eigenvalue weighted by Crippen LogP contribution is -2.48. The van der Waals surface area contributed by atoms with Crippen molar-refractivity contribution in [2.45, 2.75) is 31.3 Å². The number of H-pyrrole nitrogens is 1. The fraction of sp³-hybridized carbons (Fsp3) is 0.333.